The van der Waals surface area contributed by atoms with Crippen molar-refractivity contribution in [3.8, 4) is 0 Å². The van der Waals surface area contributed by atoms with Crippen molar-refractivity contribution in [2.75, 3.05) is 19.8 Å². The average molecular weight is 254 g/mol. The highest BCUT2D eigenvalue weighted by Crippen LogP contribution is 2.40. The van der Waals surface area contributed by atoms with Gasteiger partial charge in [-0.05, 0) is 37.5 Å². The normalized spacial score (nSPS) is 40.2. The van der Waals surface area contributed by atoms with E-state index in [9.17, 15) is 5.11 Å². The van der Waals surface area contributed by atoms with Gasteiger partial charge < -0.3 is 14.6 Å². The summed E-state index contributed by atoms with van der Waals surface area (Å²) < 4.78 is 11.5. The summed E-state index contributed by atoms with van der Waals surface area (Å²) in [7, 11) is 0. The van der Waals surface area contributed by atoms with Gasteiger partial charge in [0.2, 0.25) is 0 Å². The Morgan fingerprint density at radius 2 is 1.83 bits per heavy atom. The summed E-state index contributed by atoms with van der Waals surface area (Å²) in [6.07, 6.45) is 9.36. The molecule has 3 unspecified atom stereocenters. The van der Waals surface area contributed by atoms with Crippen molar-refractivity contribution in [2.24, 2.45) is 11.8 Å². The first-order valence-corrected chi connectivity index (χ1v) is 7.69. The molecule has 0 aromatic heterocycles. The Bertz CT molecular complexity index is 267. The molecule has 3 atom stereocenters. The van der Waals surface area contributed by atoms with E-state index in [0.717, 1.165) is 39.1 Å². The van der Waals surface area contributed by atoms with Crippen molar-refractivity contribution in [1.29, 1.82) is 0 Å². The minimum atomic E-state index is -0.105. The maximum absolute atomic E-state index is 10.6. The van der Waals surface area contributed by atoms with E-state index in [-0.39, 0.29) is 11.7 Å². The van der Waals surface area contributed by atoms with Crippen LogP contribution in [0.1, 0.15) is 51.4 Å². The van der Waals surface area contributed by atoms with E-state index in [1.165, 1.54) is 32.1 Å². The summed E-state index contributed by atoms with van der Waals surface area (Å²) in [6, 6.07) is 0. The molecular formula is C15H26O3. The molecule has 0 aromatic carbocycles. The summed E-state index contributed by atoms with van der Waals surface area (Å²) in [6.45, 7) is 2.37. The van der Waals surface area contributed by atoms with Gasteiger partial charge in [0.05, 0.1) is 18.3 Å². The first-order chi connectivity index (χ1) is 8.79. The van der Waals surface area contributed by atoms with Gasteiger partial charge >= 0.3 is 0 Å². The Kier molecular flexibility index (Phi) is 3.92. The topological polar surface area (TPSA) is 38.7 Å². The van der Waals surface area contributed by atoms with E-state index >= 15 is 0 Å². The van der Waals surface area contributed by atoms with E-state index in [1.807, 2.05) is 0 Å². The Morgan fingerprint density at radius 1 is 1.00 bits per heavy atom. The fourth-order valence-electron chi connectivity index (χ4n) is 4.08. The number of hydrogen-bond acceptors (Lipinski definition) is 3. The number of hydrogen-bond donors (Lipinski definition) is 1. The Balaban J connectivity index is 1.60. The first kappa shape index (κ1) is 12.9. The summed E-state index contributed by atoms with van der Waals surface area (Å²) >= 11 is 0. The molecule has 1 N–H and O–H groups in total. The molecule has 1 spiro atoms. The molecule has 3 rings (SSSR count). The fourth-order valence-corrected chi connectivity index (χ4v) is 4.08. The van der Waals surface area contributed by atoms with Crippen LogP contribution in [0.3, 0.4) is 0 Å². The van der Waals surface area contributed by atoms with Crippen LogP contribution in [-0.2, 0) is 9.47 Å². The van der Waals surface area contributed by atoms with Crippen LogP contribution >= 0.6 is 0 Å². The minimum Gasteiger partial charge on any atom is -0.393 e. The van der Waals surface area contributed by atoms with Crippen molar-refractivity contribution >= 4 is 0 Å². The maximum Gasteiger partial charge on any atom is 0.0940 e. The number of rotatable bonds is 2. The molecule has 1 aliphatic carbocycles. The first-order valence-electron chi connectivity index (χ1n) is 7.69. The zero-order valence-electron chi connectivity index (χ0n) is 11.3. The highest BCUT2D eigenvalue weighted by molar-refractivity contribution is 4.93. The quantitative estimate of drug-likeness (QED) is 0.823. The van der Waals surface area contributed by atoms with Gasteiger partial charge in [-0.15, -0.1) is 0 Å². The Hall–Kier alpha value is -0.120. The SMILES string of the molecule is OC(C1CCCCC1)C1CCOC2(CCOC2)C1. The lowest BCUT2D eigenvalue weighted by atomic mass is 9.74. The lowest BCUT2D eigenvalue weighted by Crippen LogP contribution is -2.45. The zero-order chi connectivity index (χ0) is 12.4. The van der Waals surface area contributed by atoms with E-state index in [0.29, 0.717) is 11.8 Å². The molecule has 2 heterocycles. The van der Waals surface area contributed by atoms with E-state index in [1.54, 1.807) is 0 Å². The predicted octanol–water partition coefficient (Wildman–Crippen LogP) is 2.51. The second-order valence-corrected chi connectivity index (χ2v) is 6.48. The molecule has 0 bridgehead atoms. The summed E-state index contributed by atoms with van der Waals surface area (Å²) in [5, 5.41) is 10.6. The van der Waals surface area contributed by atoms with Crippen LogP contribution in [0.15, 0.2) is 0 Å². The predicted molar refractivity (Wildman–Crippen MR) is 69.4 cm³/mol. The molecule has 0 aromatic rings. The summed E-state index contributed by atoms with van der Waals surface area (Å²) in [5.41, 5.74) is -0.0570. The van der Waals surface area contributed by atoms with Crippen LogP contribution in [0.5, 0.6) is 0 Å². The fraction of sp³-hybridized carbons (Fsp3) is 1.00. The summed E-state index contributed by atoms with van der Waals surface area (Å²) in [4.78, 5) is 0. The molecule has 3 fully saturated rings. The molecule has 1 saturated carbocycles. The van der Waals surface area contributed by atoms with E-state index < -0.39 is 0 Å². The molecule has 2 saturated heterocycles. The van der Waals surface area contributed by atoms with Crippen LogP contribution in [0, 0.1) is 11.8 Å². The Labute approximate surface area is 110 Å². The number of ether oxygens (including phenoxy) is 2. The van der Waals surface area contributed by atoms with Gasteiger partial charge in [0, 0.05) is 19.6 Å². The lowest BCUT2D eigenvalue weighted by Gasteiger charge is -2.41. The van der Waals surface area contributed by atoms with Crippen molar-refractivity contribution in [3.63, 3.8) is 0 Å². The molecule has 0 amide bonds. The zero-order valence-corrected chi connectivity index (χ0v) is 11.3. The van der Waals surface area contributed by atoms with Gasteiger partial charge in [-0.1, -0.05) is 19.3 Å². The van der Waals surface area contributed by atoms with Crippen molar-refractivity contribution < 1.29 is 14.6 Å². The average Bonchev–Trinajstić information content (AvgIpc) is 2.87. The van der Waals surface area contributed by atoms with Crippen molar-refractivity contribution in [2.45, 2.75) is 63.1 Å². The van der Waals surface area contributed by atoms with Gasteiger partial charge in [0.15, 0.2) is 0 Å². The third-order valence-corrected chi connectivity index (χ3v) is 5.21. The molecule has 3 heteroatoms. The van der Waals surface area contributed by atoms with Crippen molar-refractivity contribution in [3.05, 3.63) is 0 Å². The molecule has 3 nitrogen and oxygen atoms in total. The Morgan fingerprint density at radius 3 is 2.56 bits per heavy atom. The molecule has 0 radical (unpaired) electrons. The standard InChI is InChI=1S/C15H26O3/c16-14(12-4-2-1-3-5-12)13-6-8-18-15(10-13)7-9-17-11-15/h12-14,16H,1-11H2. The van der Waals surface area contributed by atoms with Crippen molar-refractivity contribution in [1.82, 2.24) is 0 Å². The highest BCUT2D eigenvalue weighted by Gasteiger charge is 2.43. The van der Waals surface area contributed by atoms with Crippen LogP contribution in [-0.4, -0.2) is 36.6 Å². The van der Waals surface area contributed by atoms with Gasteiger partial charge in [0.25, 0.3) is 0 Å². The van der Waals surface area contributed by atoms with Crippen LogP contribution in [0.2, 0.25) is 0 Å². The largest absolute Gasteiger partial charge is 0.393 e. The van der Waals surface area contributed by atoms with Gasteiger partial charge in [0.1, 0.15) is 0 Å². The molecule has 3 aliphatic rings. The van der Waals surface area contributed by atoms with E-state index in [2.05, 4.69) is 0 Å². The number of aliphatic hydroxyl groups is 1. The monoisotopic (exact) mass is 254 g/mol. The van der Waals surface area contributed by atoms with Gasteiger partial charge in [-0.2, -0.15) is 0 Å². The molecule has 104 valence electrons. The second-order valence-electron chi connectivity index (χ2n) is 6.48. The summed E-state index contributed by atoms with van der Waals surface area (Å²) in [5.74, 6) is 0.977. The third-order valence-electron chi connectivity index (χ3n) is 5.21. The van der Waals surface area contributed by atoms with Crippen LogP contribution < -0.4 is 0 Å². The second kappa shape index (κ2) is 5.48. The third kappa shape index (κ3) is 2.59. The van der Waals surface area contributed by atoms with Crippen LogP contribution in [0.25, 0.3) is 0 Å². The molecular weight excluding hydrogens is 228 g/mol. The van der Waals surface area contributed by atoms with Crippen LogP contribution in [0.4, 0.5) is 0 Å². The van der Waals surface area contributed by atoms with Gasteiger partial charge in [-0.3, -0.25) is 0 Å². The maximum atomic E-state index is 10.6. The van der Waals surface area contributed by atoms with Gasteiger partial charge in [-0.25, -0.2) is 0 Å². The van der Waals surface area contributed by atoms with E-state index in [4.69, 9.17) is 9.47 Å². The molecule has 2 aliphatic heterocycles. The molecule has 18 heavy (non-hydrogen) atoms. The minimum absolute atomic E-state index is 0.0570. The highest BCUT2D eigenvalue weighted by atomic mass is 16.6. The smallest absolute Gasteiger partial charge is 0.0940 e. The lowest BCUT2D eigenvalue weighted by molar-refractivity contribution is -0.124. The number of aliphatic hydroxyl groups excluding tert-OH is 1.